The summed E-state index contributed by atoms with van der Waals surface area (Å²) in [7, 11) is 0. The second-order valence-electron chi connectivity index (χ2n) is 6.66. The Bertz CT molecular complexity index is 957. The fraction of sp³-hybridized carbons (Fsp3) is 0.350. The maximum atomic E-state index is 12.0. The fourth-order valence-electron chi connectivity index (χ4n) is 2.99. The minimum absolute atomic E-state index is 0.0178. The number of amides is 1. The van der Waals surface area contributed by atoms with Crippen LogP contribution in [0.4, 0.5) is 0 Å². The molecule has 1 aliphatic rings. The van der Waals surface area contributed by atoms with Crippen molar-refractivity contribution in [3.05, 3.63) is 42.4 Å². The van der Waals surface area contributed by atoms with Crippen molar-refractivity contribution >= 4 is 29.0 Å². The number of nitrogens with zero attached hydrogens (tertiary/aromatic N) is 4. The molecule has 0 aliphatic carbocycles. The number of carbonyl (C=O) groups excluding carboxylic acids is 1. The molecule has 4 rings (SSSR count). The Hall–Kier alpha value is -2.36. The first kappa shape index (κ1) is 19.9. The van der Waals surface area contributed by atoms with Crippen LogP contribution in [0.5, 0.6) is 0 Å². The standard InChI is InChI=1S/C20H21N5O2S2/c1-13-19(29-20(23-13)14-4-2-8-21-10-14)16-6-7-18(25-24-16)28-12-17(26)22-11-15-5-3-9-27-15/h2,4,6-8,10,15H,3,5,9,11-12H2,1H3,(H,22,26). The third-order valence-electron chi connectivity index (χ3n) is 4.48. The molecular weight excluding hydrogens is 406 g/mol. The van der Waals surface area contributed by atoms with E-state index >= 15 is 0 Å². The van der Waals surface area contributed by atoms with E-state index in [9.17, 15) is 4.79 Å². The highest BCUT2D eigenvalue weighted by molar-refractivity contribution is 7.99. The van der Waals surface area contributed by atoms with E-state index in [1.54, 1.807) is 23.7 Å². The van der Waals surface area contributed by atoms with E-state index in [1.165, 1.54) is 11.8 Å². The van der Waals surface area contributed by atoms with Gasteiger partial charge >= 0.3 is 0 Å². The van der Waals surface area contributed by atoms with Crippen LogP contribution in [0.25, 0.3) is 21.1 Å². The first-order valence-electron chi connectivity index (χ1n) is 9.42. The number of aryl methyl sites for hydroxylation is 1. The minimum atomic E-state index is -0.0178. The Labute approximate surface area is 177 Å². The topological polar surface area (TPSA) is 89.9 Å². The average Bonchev–Trinajstić information content (AvgIpc) is 3.41. The van der Waals surface area contributed by atoms with Gasteiger partial charge in [0, 0.05) is 31.1 Å². The molecule has 1 unspecified atom stereocenters. The normalized spacial score (nSPS) is 16.1. The van der Waals surface area contributed by atoms with Crippen LogP contribution >= 0.6 is 23.1 Å². The minimum Gasteiger partial charge on any atom is -0.376 e. The van der Waals surface area contributed by atoms with Gasteiger partial charge in [0.2, 0.25) is 5.91 Å². The number of pyridine rings is 1. The van der Waals surface area contributed by atoms with Gasteiger partial charge in [0.25, 0.3) is 0 Å². The van der Waals surface area contributed by atoms with Crippen LogP contribution in [0.1, 0.15) is 18.5 Å². The van der Waals surface area contributed by atoms with Gasteiger partial charge in [-0.3, -0.25) is 9.78 Å². The number of thioether (sulfide) groups is 1. The van der Waals surface area contributed by atoms with E-state index in [1.807, 2.05) is 31.2 Å². The van der Waals surface area contributed by atoms with Gasteiger partial charge in [-0.15, -0.1) is 21.5 Å². The summed E-state index contributed by atoms with van der Waals surface area (Å²) >= 11 is 2.95. The Morgan fingerprint density at radius 1 is 1.34 bits per heavy atom. The van der Waals surface area contributed by atoms with Crippen molar-refractivity contribution in [2.24, 2.45) is 0 Å². The molecule has 7 nitrogen and oxygen atoms in total. The quantitative estimate of drug-likeness (QED) is 0.578. The number of rotatable bonds is 7. The highest BCUT2D eigenvalue weighted by atomic mass is 32.2. The second kappa shape index (κ2) is 9.43. The predicted octanol–water partition coefficient (Wildman–Crippen LogP) is 3.36. The Morgan fingerprint density at radius 3 is 3.00 bits per heavy atom. The zero-order valence-corrected chi connectivity index (χ0v) is 17.6. The van der Waals surface area contributed by atoms with E-state index in [0.29, 0.717) is 12.3 Å². The summed E-state index contributed by atoms with van der Waals surface area (Å²) in [5.41, 5.74) is 2.68. The van der Waals surface area contributed by atoms with Crippen LogP contribution in [0.3, 0.4) is 0 Å². The molecule has 1 N–H and O–H groups in total. The molecule has 29 heavy (non-hydrogen) atoms. The summed E-state index contributed by atoms with van der Waals surface area (Å²) in [6.45, 7) is 3.34. The number of aromatic nitrogens is 4. The van der Waals surface area contributed by atoms with E-state index in [4.69, 9.17) is 4.74 Å². The monoisotopic (exact) mass is 427 g/mol. The first-order chi connectivity index (χ1) is 14.2. The molecule has 0 spiro atoms. The van der Waals surface area contributed by atoms with Crippen molar-refractivity contribution in [2.45, 2.75) is 30.9 Å². The van der Waals surface area contributed by atoms with Crippen LogP contribution in [0.15, 0.2) is 41.7 Å². The number of hydrogen-bond donors (Lipinski definition) is 1. The lowest BCUT2D eigenvalue weighted by Crippen LogP contribution is -2.32. The molecule has 1 aliphatic heterocycles. The lowest BCUT2D eigenvalue weighted by atomic mass is 10.2. The summed E-state index contributed by atoms with van der Waals surface area (Å²) < 4.78 is 5.51. The van der Waals surface area contributed by atoms with Crippen molar-refractivity contribution < 1.29 is 9.53 Å². The van der Waals surface area contributed by atoms with Gasteiger partial charge in [-0.2, -0.15) is 0 Å². The highest BCUT2D eigenvalue weighted by Crippen LogP contribution is 2.34. The van der Waals surface area contributed by atoms with Gasteiger partial charge in [-0.25, -0.2) is 4.98 Å². The van der Waals surface area contributed by atoms with Crippen LogP contribution in [-0.4, -0.2) is 51.1 Å². The molecule has 0 bridgehead atoms. The van der Waals surface area contributed by atoms with E-state index in [-0.39, 0.29) is 12.0 Å². The van der Waals surface area contributed by atoms with Gasteiger partial charge in [0.05, 0.1) is 22.4 Å². The number of thiazole rings is 1. The Balaban J connectivity index is 1.34. The molecule has 3 aromatic heterocycles. The van der Waals surface area contributed by atoms with Crippen molar-refractivity contribution in [1.29, 1.82) is 0 Å². The molecular formula is C20H21N5O2S2. The number of ether oxygens (including phenoxy) is 1. The van der Waals surface area contributed by atoms with Gasteiger partial charge in [0.1, 0.15) is 15.7 Å². The molecule has 1 amide bonds. The molecule has 1 saturated heterocycles. The van der Waals surface area contributed by atoms with Gasteiger partial charge in [0.15, 0.2) is 0 Å². The lowest BCUT2D eigenvalue weighted by Gasteiger charge is -2.10. The van der Waals surface area contributed by atoms with Gasteiger partial charge in [-0.1, -0.05) is 11.8 Å². The molecule has 1 fully saturated rings. The number of nitrogens with one attached hydrogen (secondary N) is 1. The van der Waals surface area contributed by atoms with E-state index < -0.39 is 0 Å². The third-order valence-corrected chi connectivity index (χ3v) is 6.63. The molecule has 0 aromatic carbocycles. The summed E-state index contributed by atoms with van der Waals surface area (Å²) in [5, 5.41) is 13.1. The van der Waals surface area contributed by atoms with E-state index in [0.717, 1.165) is 51.3 Å². The SMILES string of the molecule is Cc1nc(-c2cccnc2)sc1-c1ccc(SCC(=O)NCC2CCCO2)nn1. The molecule has 3 aromatic rings. The molecule has 9 heteroatoms. The van der Waals surface area contributed by atoms with Crippen LogP contribution in [0, 0.1) is 6.92 Å². The van der Waals surface area contributed by atoms with Gasteiger partial charge in [-0.05, 0) is 44.0 Å². The van der Waals surface area contributed by atoms with Gasteiger partial charge < -0.3 is 10.1 Å². The molecule has 0 radical (unpaired) electrons. The molecule has 1 atom stereocenters. The van der Waals surface area contributed by atoms with Crippen molar-refractivity contribution in [3.63, 3.8) is 0 Å². The number of hydrogen-bond acceptors (Lipinski definition) is 8. The fourth-order valence-corrected chi connectivity index (χ4v) is 4.65. The average molecular weight is 428 g/mol. The summed E-state index contributed by atoms with van der Waals surface area (Å²) in [6.07, 6.45) is 5.79. The maximum Gasteiger partial charge on any atom is 0.230 e. The largest absolute Gasteiger partial charge is 0.376 e. The Kier molecular flexibility index (Phi) is 6.48. The smallest absolute Gasteiger partial charge is 0.230 e. The second-order valence-corrected chi connectivity index (χ2v) is 8.65. The van der Waals surface area contributed by atoms with E-state index in [2.05, 4.69) is 25.5 Å². The third kappa shape index (κ3) is 5.17. The van der Waals surface area contributed by atoms with Crippen LogP contribution in [-0.2, 0) is 9.53 Å². The Morgan fingerprint density at radius 2 is 2.28 bits per heavy atom. The summed E-state index contributed by atoms with van der Waals surface area (Å²) in [5.74, 6) is 0.293. The molecule has 0 saturated carbocycles. The summed E-state index contributed by atoms with van der Waals surface area (Å²) in [6, 6.07) is 7.70. The first-order valence-corrected chi connectivity index (χ1v) is 11.2. The van der Waals surface area contributed by atoms with Crippen molar-refractivity contribution in [3.8, 4) is 21.1 Å². The highest BCUT2D eigenvalue weighted by Gasteiger charge is 2.16. The van der Waals surface area contributed by atoms with Crippen LogP contribution < -0.4 is 5.32 Å². The summed E-state index contributed by atoms with van der Waals surface area (Å²) in [4.78, 5) is 21.8. The predicted molar refractivity (Wildman–Crippen MR) is 114 cm³/mol. The molecule has 4 heterocycles. The number of carbonyl (C=O) groups is 1. The van der Waals surface area contributed by atoms with Crippen molar-refractivity contribution in [2.75, 3.05) is 18.9 Å². The zero-order chi connectivity index (χ0) is 20.1. The lowest BCUT2D eigenvalue weighted by molar-refractivity contribution is -0.119. The molecule has 150 valence electrons. The maximum absolute atomic E-state index is 12.0. The zero-order valence-electron chi connectivity index (χ0n) is 16.0. The van der Waals surface area contributed by atoms with Crippen molar-refractivity contribution in [1.82, 2.24) is 25.5 Å². The van der Waals surface area contributed by atoms with Crippen LogP contribution in [0.2, 0.25) is 0 Å².